The molecule has 4 N–H and O–H groups in total. The van der Waals surface area contributed by atoms with Crippen molar-refractivity contribution in [1.29, 1.82) is 0 Å². The van der Waals surface area contributed by atoms with Gasteiger partial charge in [-0.2, -0.15) is 0 Å². The molecule has 0 aliphatic carbocycles. The number of hydrogen-bond acceptors (Lipinski definition) is 10. The fraction of sp³-hybridized carbons (Fsp3) is 0.263. The van der Waals surface area contributed by atoms with E-state index in [0.717, 1.165) is 83.1 Å². The number of anilines is 4. The van der Waals surface area contributed by atoms with Gasteiger partial charge in [-0.25, -0.2) is 9.97 Å². The average Bonchev–Trinajstić information content (AvgIpc) is 3.73. The first-order chi connectivity index (χ1) is 24.4. The second-order valence-electron chi connectivity index (χ2n) is 13.1. The van der Waals surface area contributed by atoms with E-state index in [1.807, 2.05) is 60.9 Å². The number of aromatic nitrogens is 4. The molecule has 4 aromatic heterocycles. The van der Waals surface area contributed by atoms with Gasteiger partial charge in [0.2, 0.25) is 0 Å². The maximum atomic E-state index is 9.90. The van der Waals surface area contributed by atoms with Gasteiger partial charge in [-0.15, -0.1) is 0 Å². The van der Waals surface area contributed by atoms with Gasteiger partial charge >= 0.3 is 0 Å². The highest BCUT2D eigenvalue weighted by Gasteiger charge is 2.22. The van der Waals surface area contributed by atoms with Gasteiger partial charge in [-0.3, -0.25) is 19.8 Å². The number of nitrogens with zero attached hydrogens (tertiary/aromatic N) is 6. The minimum absolute atomic E-state index is 0.257. The van der Waals surface area contributed by atoms with Gasteiger partial charge in [0.25, 0.3) is 0 Å². The number of aliphatic hydroxyl groups is 2. The van der Waals surface area contributed by atoms with Crippen LogP contribution in [0.25, 0.3) is 32.9 Å². The van der Waals surface area contributed by atoms with E-state index in [0.29, 0.717) is 46.1 Å². The predicted molar refractivity (Wildman–Crippen MR) is 199 cm³/mol. The first-order valence-electron chi connectivity index (χ1n) is 16.8. The van der Waals surface area contributed by atoms with Crippen LogP contribution in [0.1, 0.15) is 24.0 Å². The number of hydrogen-bond donors (Lipinski definition) is 4. The molecule has 0 saturated carbocycles. The molecule has 8 rings (SSSR count). The van der Waals surface area contributed by atoms with Crippen LogP contribution >= 0.6 is 23.2 Å². The van der Waals surface area contributed by atoms with E-state index in [9.17, 15) is 10.2 Å². The number of benzene rings is 2. The smallest absolute Gasteiger partial charge is 0.156 e. The Morgan fingerprint density at radius 2 is 1.10 bits per heavy atom. The molecular formula is C38H36Cl2N8O2. The minimum atomic E-state index is -0.257. The van der Waals surface area contributed by atoms with Crippen LogP contribution in [0.4, 0.5) is 23.0 Å². The lowest BCUT2D eigenvalue weighted by molar-refractivity contribution is 0.174. The molecule has 0 amide bonds. The Balaban J connectivity index is 1.03. The first kappa shape index (κ1) is 32.8. The largest absolute Gasteiger partial charge is 0.392 e. The Morgan fingerprint density at radius 1 is 0.640 bits per heavy atom. The number of pyridine rings is 4. The Labute approximate surface area is 299 Å². The van der Waals surface area contributed by atoms with Crippen molar-refractivity contribution in [2.24, 2.45) is 0 Å². The zero-order valence-electron chi connectivity index (χ0n) is 27.2. The van der Waals surface area contributed by atoms with Gasteiger partial charge in [0.1, 0.15) is 11.0 Å². The summed E-state index contributed by atoms with van der Waals surface area (Å²) >= 11 is 14.1. The second kappa shape index (κ2) is 14.1. The fourth-order valence-corrected chi connectivity index (χ4v) is 7.47. The Kier molecular flexibility index (Phi) is 9.22. The number of aliphatic hydroxyl groups excluding tert-OH is 2. The van der Waals surface area contributed by atoms with Crippen molar-refractivity contribution in [2.45, 2.75) is 38.1 Å². The van der Waals surface area contributed by atoms with E-state index in [1.165, 1.54) is 0 Å². The third-order valence-corrected chi connectivity index (χ3v) is 10.2. The van der Waals surface area contributed by atoms with Crippen LogP contribution in [0, 0.1) is 0 Å². The lowest BCUT2D eigenvalue weighted by Gasteiger charge is -2.17. The molecule has 2 aromatic carbocycles. The van der Waals surface area contributed by atoms with Gasteiger partial charge in [-0.1, -0.05) is 47.5 Å². The fourth-order valence-electron chi connectivity index (χ4n) is 6.92. The Bertz CT molecular complexity index is 2050. The molecule has 2 saturated heterocycles. The van der Waals surface area contributed by atoms with Crippen LogP contribution < -0.4 is 10.6 Å². The van der Waals surface area contributed by atoms with Gasteiger partial charge in [0, 0.05) is 86.0 Å². The summed E-state index contributed by atoms with van der Waals surface area (Å²) in [7, 11) is 0. The maximum absolute atomic E-state index is 9.90. The van der Waals surface area contributed by atoms with E-state index in [4.69, 9.17) is 33.2 Å². The lowest BCUT2D eigenvalue weighted by Crippen LogP contribution is -2.21. The summed E-state index contributed by atoms with van der Waals surface area (Å²) in [4.78, 5) is 23.2. The molecule has 2 aliphatic rings. The van der Waals surface area contributed by atoms with Crippen LogP contribution in [-0.2, 0) is 13.1 Å². The second-order valence-corrected chi connectivity index (χ2v) is 13.8. The van der Waals surface area contributed by atoms with Crippen LogP contribution in [0.3, 0.4) is 0 Å². The molecule has 0 radical (unpaired) electrons. The molecule has 50 heavy (non-hydrogen) atoms. The zero-order chi connectivity index (χ0) is 34.2. The van der Waals surface area contributed by atoms with E-state index >= 15 is 0 Å². The summed E-state index contributed by atoms with van der Waals surface area (Å²) in [6, 6.07) is 19.7. The number of fused-ring (bicyclic) bond motifs is 2. The van der Waals surface area contributed by atoms with Crippen molar-refractivity contribution >= 4 is 68.0 Å². The van der Waals surface area contributed by atoms with Gasteiger partial charge < -0.3 is 20.8 Å². The third kappa shape index (κ3) is 6.83. The number of likely N-dealkylation sites (tertiary alicyclic amines) is 2. The monoisotopic (exact) mass is 706 g/mol. The van der Waals surface area contributed by atoms with Gasteiger partial charge in [0.05, 0.1) is 33.6 Å². The van der Waals surface area contributed by atoms with Crippen molar-refractivity contribution in [1.82, 2.24) is 29.7 Å². The summed E-state index contributed by atoms with van der Waals surface area (Å²) < 4.78 is 0. The van der Waals surface area contributed by atoms with Gasteiger partial charge in [-0.05, 0) is 60.4 Å². The summed E-state index contributed by atoms with van der Waals surface area (Å²) in [5.74, 6) is 1.20. The molecule has 0 bridgehead atoms. The predicted octanol–water partition coefficient (Wildman–Crippen LogP) is 7.17. The Hall–Kier alpha value is -4.42. The number of nitrogens with one attached hydrogen (secondary N) is 2. The standard InChI is InChI=1S/C38H36Cl2N8O2/c39-33-29(3-1-5-31(33)45-37-35-25(7-11-41-37)15-23(17-43-35)19-47-13-9-27(49)21-47)30-4-2-6-32(34(30)40)46-38-36-26(8-12-42-38)16-24(18-44-36)20-48-14-10-28(50)22-48/h1-8,11-12,15-18,27-28,49-50H,9-10,13-14,19-22H2,(H,41,45)(H,42,46)/t27-,28-/m1/s1. The molecule has 6 heterocycles. The number of halogens is 2. The highest BCUT2D eigenvalue weighted by Crippen LogP contribution is 2.42. The molecule has 10 nitrogen and oxygen atoms in total. The highest BCUT2D eigenvalue weighted by molar-refractivity contribution is 6.39. The highest BCUT2D eigenvalue weighted by atomic mass is 35.5. The topological polar surface area (TPSA) is 123 Å². The molecule has 6 aromatic rings. The van der Waals surface area contributed by atoms with Crippen LogP contribution in [0.15, 0.2) is 85.5 Å². The quantitative estimate of drug-likeness (QED) is 0.123. The molecular weight excluding hydrogens is 671 g/mol. The van der Waals surface area contributed by atoms with E-state index in [-0.39, 0.29) is 12.2 Å². The Morgan fingerprint density at radius 3 is 1.52 bits per heavy atom. The SMILES string of the molecule is O[C@@H]1CCN(Cc2cnc3c(Nc4cccc(-c5cccc(Nc6nccc7cc(CN8CC[C@@H](O)C8)cnc67)c5Cl)c4Cl)nccc3c2)C1. The van der Waals surface area contributed by atoms with E-state index in [2.05, 4.69) is 42.5 Å². The zero-order valence-corrected chi connectivity index (χ0v) is 28.7. The average molecular weight is 708 g/mol. The van der Waals surface area contributed by atoms with Crippen LogP contribution in [0.5, 0.6) is 0 Å². The summed E-state index contributed by atoms with van der Waals surface area (Å²) in [6.07, 6.45) is 8.35. The lowest BCUT2D eigenvalue weighted by atomic mass is 10.0. The van der Waals surface area contributed by atoms with Crippen molar-refractivity contribution in [2.75, 3.05) is 36.8 Å². The van der Waals surface area contributed by atoms with Crippen molar-refractivity contribution in [3.63, 3.8) is 0 Å². The van der Waals surface area contributed by atoms with Crippen LogP contribution in [0.2, 0.25) is 10.0 Å². The number of rotatable bonds is 9. The van der Waals surface area contributed by atoms with E-state index < -0.39 is 0 Å². The van der Waals surface area contributed by atoms with Crippen molar-refractivity contribution in [3.8, 4) is 11.1 Å². The third-order valence-electron chi connectivity index (χ3n) is 9.41. The molecule has 254 valence electrons. The van der Waals surface area contributed by atoms with Crippen molar-refractivity contribution < 1.29 is 10.2 Å². The molecule has 2 fully saturated rings. The molecule has 12 heteroatoms. The van der Waals surface area contributed by atoms with Crippen molar-refractivity contribution in [3.05, 3.63) is 107 Å². The summed E-state index contributed by atoms with van der Waals surface area (Å²) in [5, 5.41) is 29.5. The maximum Gasteiger partial charge on any atom is 0.156 e. The van der Waals surface area contributed by atoms with E-state index in [1.54, 1.807) is 12.4 Å². The molecule has 2 aliphatic heterocycles. The minimum Gasteiger partial charge on any atom is -0.392 e. The molecule has 0 spiro atoms. The molecule has 2 atom stereocenters. The summed E-state index contributed by atoms with van der Waals surface area (Å²) in [6.45, 7) is 4.61. The molecule has 0 unspecified atom stereocenters. The normalized spacial score (nSPS) is 18.3. The van der Waals surface area contributed by atoms with Crippen LogP contribution in [-0.4, -0.2) is 78.3 Å². The first-order valence-corrected chi connectivity index (χ1v) is 17.5. The van der Waals surface area contributed by atoms with Gasteiger partial charge in [0.15, 0.2) is 11.6 Å². The number of β-amino-alcohol motifs (C(OH)–C–C–N with tert-alkyl or cyclic N) is 2. The summed E-state index contributed by atoms with van der Waals surface area (Å²) in [5.41, 5.74) is 6.52.